The molecule has 2 aromatic heterocycles. The average Bonchev–Trinajstić information content (AvgIpc) is 2.97. The third kappa shape index (κ3) is 5.52. The maximum atomic E-state index is 13.2. The zero-order chi connectivity index (χ0) is 27.4. The number of anilines is 2. The molecule has 0 fully saturated rings. The molecule has 3 aromatic carbocycles. The molecule has 0 radical (unpaired) electrons. The standard InChI is InChI=1S/C30H26N6O3/c1-2-36-30(39)27(34-25-13-5-12-24-23(25)11-6-14-32-24)17-26(35-36)21-9-3-7-19(15-21)20-8-4-10-22(16-20)29(38)33-18-28(31)37/h3-17,34H,2,18H2,1H3,(H2,31,37)(H,33,38). The van der Waals surface area contributed by atoms with Gasteiger partial charge in [-0.3, -0.25) is 19.4 Å². The van der Waals surface area contributed by atoms with Crippen LogP contribution in [0.5, 0.6) is 0 Å². The number of pyridine rings is 1. The molecule has 0 unspecified atom stereocenters. The van der Waals surface area contributed by atoms with Crippen LogP contribution in [0.4, 0.5) is 11.4 Å². The molecule has 4 N–H and O–H groups in total. The lowest BCUT2D eigenvalue weighted by atomic mass is 9.99. The Kier molecular flexibility index (Phi) is 7.13. The summed E-state index contributed by atoms with van der Waals surface area (Å²) in [5, 5.41) is 11.3. The summed E-state index contributed by atoms with van der Waals surface area (Å²) in [5.41, 5.74) is 10.4. The van der Waals surface area contributed by atoms with E-state index in [1.165, 1.54) is 4.68 Å². The van der Waals surface area contributed by atoms with Gasteiger partial charge in [0.1, 0.15) is 5.69 Å². The summed E-state index contributed by atoms with van der Waals surface area (Å²) < 4.78 is 1.43. The Hall–Kier alpha value is -5.31. The predicted molar refractivity (Wildman–Crippen MR) is 152 cm³/mol. The summed E-state index contributed by atoms with van der Waals surface area (Å²) in [7, 11) is 0. The largest absolute Gasteiger partial charge is 0.368 e. The van der Waals surface area contributed by atoms with Gasteiger partial charge in [-0.15, -0.1) is 0 Å². The molecule has 0 bridgehead atoms. The Morgan fingerprint density at radius 1 is 0.872 bits per heavy atom. The first-order valence-electron chi connectivity index (χ1n) is 12.4. The highest BCUT2D eigenvalue weighted by Gasteiger charge is 2.13. The van der Waals surface area contributed by atoms with E-state index in [-0.39, 0.29) is 18.0 Å². The summed E-state index contributed by atoms with van der Waals surface area (Å²) in [4.78, 5) is 41.0. The summed E-state index contributed by atoms with van der Waals surface area (Å²) in [6.45, 7) is 2.04. The van der Waals surface area contributed by atoms with Crippen LogP contribution in [-0.4, -0.2) is 33.1 Å². The molecular weight excluding hydrogens is 492 g/mol. The Balaban J connectivity index is 1.51. The quantitative estimate of drug-likeness (QED) is 0.283. The molecule has 0 atom stereocenters. The average molecular weight is 519 g/mol. The van der Waals surface area contributed by atoms with E-state index < -0.39 is 5.91 Å². The highest BCUT2D eigenvalue weighted by molar-refractivity contribution is 5.97. The number of hydrogen-bond donors (Lipinski definition) is 3. The van der Waals surface area contributed by atoms with Crippen molar-refractivity contribution in [3.63, 3.8) is 0 Å². The number of carbonyl (C=O) groups is 2. The second-order valence-electron chi connectivity index (χ2n) is 8.88. The number of primary amides is 1. The zero-order valence-electron chi connectivity index (χ0n) is 21.2. The number of nitrogens with one attached hydrogen (secondary N) is 2. The molecule has 39 heavy (non-hydrogen) atoms. The molecule has 2 amide bonds. The summed E-state index contributed by atoms with van der Waals surface area (Å²) >= 11 is 0. The molecule has 0 aliphatic heterocycles. The number of amides is 2. The van der Waals surface area contributed by atoms with Crippen molar-refractivity contribution in [1.82, 2.24) is 20.1 Å². The van der Waals surface area contributed by atoms with Crippen LogP contribution in [0.15, 0.2) is 95.9 Å². The monoisotopic (exact) mass is 518 g/mol. The van der Waals surface area contributed by atoms with Crippen LogP contribution < -0.4 is 21.9 Å². The first-order chi connectivity index (χ1) is 18.9. The van der Waals surface area contributed by atoms with Crippen molar-refractivity contribution in [3.8, 4) is 22.4 Å². The van der Waals surface area contributed by atoms with Crippen LogP contribution in [0.2, 0.25) is 0 Å². The molecule has 194 valence electrons. The number of fused-ring (bicyclic) bond motifs is 1. The Labute approximate surface area is 224 Å². The second-order valence-corrected chi connectivity index (χ2v) is 8.88. The first-order valence-corrected chi connectivity index (χ1v) is 12.4. The molecular formula is C30H26N6O3. The number of hydrogen-bond acceptors (Lipinski definition) is 6. The van der Waals surface area contributed by atoms with E-state index in [1.807, 2.05) is 67.6 Å². The van der Waals surface area contributed by atoms with Crippen LogP contribution in [0.25, 0.3) is 33.3 Å². The van der Waals surface area contributed by atoms with Gasteiger partial charge < -0.3 is 16.4 Å². The van der Waals surface area contributed by atoms with Gasteiger partial charge in [0.25, 0.3) is 11.5 Å². The lowest BCUT2D eigenvalue weighted by Crippen LogP contribution is -2.33. The fourth-order valence-corrected chi connectivity index (χ4v) is 4.31. The highest BCUT2D eigenvalue weighted by Crippen LogP contribution is 2.28. The fraction of sp³-hybridized carbons (Fsp3) is 0.100. The third-order valence-electron chi connectivity index (χ3n) is 6.23. The topological polar surface area (TPSA) is 132 Å². The number of rotatable bonds is 8. The predicted octanol–water partition coefficient (Wildman–Crippen LogP) is 4.10. The van der Waals surface area contributed by atoms with E-state index >= 15 is 0 Å². The van der Waals surface area contributed by atoms with Gasteiger partial charge in [0.15, 0.2) is 0 Å². The van der Waals surface area contributed by atoms with Crippen LogP contribution in [0.3, 0.4) is 0 Å². The molecule has 0 saturated carbocycles. The van der Waals surface area contributed by atoms with Crippen LogP contribution in [0.1, 0.15) is 17.3 Å². The van der Waals surface area contributed by atoms with Crippen LogP contribution in [0, 0.1) is 0 Å². The van der Waals surface area contributed by atoms with Crippen molar-refractivity contribution in [3.05, 3.63) is 107 Å². The van der Waals surface area contributed by atoms with Gasteiger partial charge in [0.05, 0.1) is 17.8 Å². The molecule has 5 aromatic rings. The maximum Gasteiger partial charge on any atom is 0.290 e. The van der Waals surface area contributed by atoms with Crippen molar-refractivity contribution in [2.24, 2.45) is 5.73 Å². The van der Waals surface area contributed by atoms with E-state index in [1.54, 1.807) is 30.5 Å². The molecule has 0 aliphatic carbocycles. The van der Waals surface area contributed by atoms with Gasteiger partial charge in [-0.25, -0.2) is 4.68 Å². The number of nitrogens with zero attached hydrogens (tertiary/aromatic N) is 3. The molecule has 2 heterocycles. The van der Waals surface area contributed by atoms with Crippen molar-refractivity contribution in [1.29, 1.82) is 0 Å². The third-order valence-corrected chi connectivity index (χ3v) is 6.23. The molecule has 0 saturated heterocycles. The van der Waals surface area contributed by atoms with Crippen molar-refractivity contribution >= 4 is 34.1 Å². The molecule has 0 aliphatic rings. The Morgan fingerprint density at radius 3 is 2.41 bits per heavy atom. The summed E-state index contributed by atoms with van der Waals surface area (Å²) in [6, 6.07) is 26.1. The van der Waals surface area contributed by atoms with E-state index in [9.17, 15) is 14.4 Å². The van der Waals surface area contributed by atoms with Crippen molar-refractivity contribution in [2.45, 2.75) is 13.5 Å². The van der Waals surface area contributed by atoms with Crippen LogP contribution >= 0.6 is 0 Å². The van der Waals surface area contributed by atoms with E-state index in [4.69, 9.17) is 5.73 Å². The normalized spacial score (nSPS) is 10.8. The summed E-state index contributed by atoms with van der Waals surface area (Å²) in [5.74, 6) is -0.998. The van der Waals surface area contributed by atoms with E-state index in [0.29, 0.717) is 23.5 Å². The Bertz CT molecular complexity index is 1760. The molecule has 9 nitrogen and oxygen atoms in total. The van der Waals surface area contributed by atoms with Crippen molar-refractivity contribution < 1.29 is 9.59 Å². The van der Waals surface area contributed by atoms with Gasteiger partial charge in [0, 0.05) is 34.9 Å². The maximum absolute atomic E-state index is 13.2. The highest BCUT2D eigenvalue weighted by atomic mass is 16.2. The second kappa shape index (κ2) is 11.0. The summed E-state index contributed by atoms with van der Waals surface area (Å²) in [6.07, 6.45) is 1.73. The number of nitrogens with two attached hydrogens (primary N) is 1. The van der Waals surface area contributed by atoms with Crippen LogP contribution in [-0.2, 0) is 11.3 Å². The number of aromatic nitrogens is 3. The minimum absolute atomic E-state index is 0.229. The smallest absolute Gasteiger partial charge is 0.290 e. The minimum Gasteiger partial charge on any atom is -0.368 e. The number of benzene rings is 3. The van der Waals surface area contributed by atoms with Gasteiger partial charge >= 0.3 is 0 Å². The fourth-order valence-electron chi connectivity index (χ4n) is 4.31. The zero-order valence-corrected chi connectivity index (χ0v) is 21.2. The Morgan fingerprint density at radius 2 is 1.62 bits per heavy atom. The number of aryl methyl sites for hydroxylation is 1. The SMILES string of the molecule is CCn1nc(-c2cccc(-c3cccc(C(=O)NCC(N)=O)c3)c2)cc(Nc2cccc3ncccc23)c1=O. The van der Waals surface area contributed by atoms with E-state index in [2.05, 4.69) is 20.7 Å². The van der Waals surface area contributed by atoms with Crippen molar-refractivity contribution in [2.75, 3.05) is 11.9 Å². The molecule has 5 rings (SSSR count). The molecule has 9 heteroatoms. The van der Waals surface area contributed by atoms with E-state index in [0.717, 1.165) is 33.3 Å². The first kappa shape index (κ1) is 25.3. The minimum atomic E-state index is -0.612. The lowest BCUT2D eigenvalue weighted by molar-refractivity contribution is -0.117. The van der Waals surface area contributed by atoms with Gasteiger partial charge in [-0.2, -0.15) is 5.10 Å². The number of carbonyl (C=O) groups excluding carboxylic acids is 2. The van der Waals surface area contributed by atoms with Gasteiger partial charge in [0.2, 0.25) is 5.91 Å². The van der Waals surface area contributed by atoms with Gasteiger partial charge in [-0.05, 0) is 66.6 Å². The van der Waals surface area contributed by atoms with Gasteiger partial charge in [-0.1, -0.05) is 36.4 Å². The lowest BCUT2D eigenvalue weighted by Gasteiger charge is -2.13. The molecule has 0 spiro atoms.